The molecule has 3 heterocycles. The number of pyridine rings is 2. The first-order chi connectivity index (χ1) is 18.4. The maximum absolute atomic E-state index is 11.9. The average Bonchev–Trinajstić information content (AvgIpc) is 2.92. The van der Waals surface area contributed by atoms with Gasteiger partial charge in [-0.3, -0.25) is 9.69 Å². The quantitative estimate of drug-likeness (QED) is 0.318. The molecule has 4 aromatic rings. The molecule has 0 unspecified atom stereocenters. The molecule has 196 valence electrons. The van der Waals surface area contributed by atoms with Crippen LogP contribution in [0.25, 0.3) is 21.9 Å². The smallest absolute Gasteiger partial charge is 0.236 e. The van der Waals surface area contributed by atoms with Gasteiger partial charge < -0.3 is 19.7 Å². The minimum absolute atomic E-state index is 0.145. The maximum atomic E-state index is 11.9. The molecule has 1 fully saturated rings. The van der Waals surface area contributed by atoms with Gasteiger partial charge in [0.2, 0.25) is 5.91 Å². The van der Waals surface area contributed by atoms with Crippen molar-refractivity contribution in [3.05, 3.63) is 70.5 Å². The first-order valence-electron chi connectivity index (χ1n) is 12.0. The summed E-state index contributed by atoms with van der Waals surface area (Å²) in [4.78, 5) is 24.9. The van der Waals surface area contributed by atoms with E-state index < -0.39 is 0 Å². The molecule has 0 atom stereocenters. The topological polar surface area (TPSA) is 79.8 Å². The molecular formula is C28H27Cl2N5O3. The molecule has 2 aromatic carbocycles. The molecule has 0 bridgehead atoms. The van der Waals surface area contributed by atoms with Crippen LogP contribution in [-0.4, -0.2) is 66.6 Å². The van der Waals surface area contributed by atoms with Crippen molar-refractivity contribution < 1.29 is 14.3 Å². The van der Waals surface area contributed by atoms with E-state index in [-0.39, 0.29) is 5.91 Å². The van der Waals surface area contributed by atoms with Crippen molar-refractivity contribution in [3.63, 3.8) is 0 Å². The molecule has 8 nitrogen and oxygen atoms in total. The molecule has 0 aliphatic carbocycles. The highest BCUT2D eigenvalue weighted by Gasteiger charge is 2.21. The van der Waals surface area contributed by atoms with Gasteiger partial charge in [0.25, 0.3) is 0 Å². The Balaban J connectivity index is 1.33. The highest BCUT2D eigenvalue weighted by Crippen LogP contribution is 2.46. The second kappa shape index (κ2) is 11.0. The van der Waals surface area contributed by atoms with Gasteiger partial charge in [0, 0.05) is 56.1 Å². The van der Waals surface area contributed by atoms with Crippen molar-refractivity contribution in [1.82, 2.24) is 19.8 Å². The van der Waals surface area contributed by atoms with Crippen molar-refractivity contribution >= 4 is 51.5 Å². The molecular weight excluding hydrogens is 525 g/mol. The average molecular weight is 552 g/mol. The predicted octanol–water partition coefficient (Wildman–Crippen LogP) is 5.64. The van der Waals surface area contributed by atoms with Crippen LogP contribution < -0.4 is 14.8 Å². The Bertz CT molecular complexity index is 1470. The zero-order valence-electron chi connectivity index (χ0n) is 21.3. The fourth-order valence-corrected chi connectivity index (χ4v) is 5.15. The van der Waals surface area contributed by atoms with Gasteiger partial charge >= 0.3 is 0 Å². The van der Waals surface area contributed by atoms with Crippen molar-refractivity contribution in [3.8, 4) is 22.6 Å². The van der Waals surface area contributed by atoms with Crippen LogP contribution in [0.15, 0.2) is 54.9 Å². The summed E-state index contributed by atoms with van der Waals surface area (Å²) in [6, 6.07) is 13.5. The molecule has 2 aromatic heterocycles. The normalized spacial score (nSPS) is 14.1. The van der Waals surface area contributed by atoms with Crippen LogP contribution in [0.4, 0.5) is 11.6 Å². The Kier molecular flexibility index (Phi) is 7.56. The van der Waals surface area contributed by atoms with Gasteiger partial charge in [-0.05, 0) is 34.7 Å². The fraction of sp³-hybridized carbons (Fsp3) is 0.250. The number of likely N-dealkylation sites (N-methyl/N-ethyl adjacent to an activating group) is 1. The third-order valence-corrected chi connectivity index (χ3v) is 7.36. The van der Waals surface area contributed by atoms with Gasteiger partial charge in [-0.25, -0.2) is 9.97 Å². The SMILES string of the molecule is COc1cc(OC)c(Cl)c(-c2ccc3cc(Nc4ccc(CN5CCN(C)C(=O)C5)cn4)ncc3c2)c1Cl. The molecule has 5 rings (SSSR count). The van der Waals surface area contributed by atoms with E-state index in [0.717, 1.165) is 35.0 Å². The number of carbonyl (C=O) groups excluding carboxylic acids is 1. The van der Waals surface area contributed by atoms with E-state index in [1.165, 1.54) is 0 Å². The number of anilines is 2. The molecule has 0 spiro atoms. The summed E-state index contributed by atoms with van der Waals surface area (Å²) >= 11 is 13.2. The van der Waals surface area contributed by atoms with Crippen LogP contribution in [0, 0.1) is 0 Å². The summed E-state index contributed by atoms with van der Waals surface area (Å²) in [6.45, 7) is 2.73. The van der Waals surface area contributed by atoms with Crippen LogP contribution in [-0.2, 0) is 11.3 Å². The van der Waals surface area contributed by atoms with E-state index in [0.29, 0.717) is 51.8 Å². The molecule has 1 aliphatic rings. The molecule has 0 saturated carbocycles. The zero-order valence-corrected chi connectivity index (χ0v) is 22.8. The molecule has 1 amide bonds. The Morgan fingerprint density at radius 3 is 2.29 bits per heavy atom. The summed E-state index contributed by atoms with van der Waals surface area (Å²) in [6.07, 6.45) is 3.62. The largest absolute Gasteiger partial charge is 0.495 e. The second-order valence-electron chi connectivity index (χ2n) is 9.12. The van der Waals surface area contributed by atoms with Crippen molar-refractivity contribution in [1.29, 1.82) is 0 Å². The predicted molar refractivity (Wildman–Crippen MR) is 151 cm³/mol. The minimum Gasteiger partial charge on any atom is -0.495 e. The number of methoxy groups -OCH3 is 2. The highest BCUT2D eigenvalue weighted by molar-refractivity contribution is 6.41. The summed E-state index contributed by atoms with van der Waals surface area (Å²) in [7, 11) is 4.94. The van der Waals surface area contributed by atoms with E-state index in [1.54, 1.807) is 31.4 Å². The number of halogens is 2. The van der Waals surface area contributed by atoms with Gasteiger partial charge in [0.1, 0.15) is 23.1 Å². The number of piperazine rings is 1. The number of hydrogen-bond donors (Lipinski definition) is 1. The van der Waals surface area contributed by atoms with E-state index >= 15 is 0 Å². The lowest BCUT2D eigenvalue weighted by atomic mass is 10.0. The van der Waals surface area contributed by atoms with E-state index in [4.69, 9.17) is 32.7 Å². The van der Waals surface area contributed by atoms with E-state index in [9.17, 15) is 4.79 Å². The van der Waals surface area contributed by atoms with Gasteiger partial charge in [-0.2, -0.15) is 0 Å². The number of amides is 1. The van der Waals surface area contributed by atoms with Gasteiger partial charge in [0.15, 0.2) is 0 Å². The lowest BCUT2D eigenvalue weighted by Gasteiger charge is -2.31. The number of benzene rings is 2. The molecule has 0 radical (unpaired) electrons. The number of aromatic nitrogens is 2. The summed E-state index contributed by atoms with van der Waals surface area (Å²) in [5.74, 6) is 2.47. The van der Waals surface area contributed by atoms with Crippen LogP contribution in [0.2, 0.25) is 10.0 Å². The highest BCUT2D eigenvalue weighted by atomic mass is 35.5. The van der Waals surface area contributed by atoms with Crippen molar-refractivity contribution in [2.75, 3.05) is 46.2 Å². The van der Waals surface area contributed by atoms with E-state index in [1.807, 2.05) is 49.6 Å². The monoisotopic (exact) mass is 551 g/mol. The molecule has 1 N–H and O–H groups in total. The van der Waals surface area contributed by atoms with E-state index in [2.05, 4.69) is 20.2 Å². The van der Waals surface area contributed by atoms with Crippen LogP contribution in [0.3, 0.4) is 0 Å². The Morgan fingerprint density at radius 1 is 0.895 bits per heavy atom. The number of nitrogens with zero attached hydrogens (tertiary/aromatic N) is 4. The third kappa shape index (κ3) is 5.34. The molecule has 10 heteroatoms. The number of fused-ring (bicyclic) bond motifs is 1. The summed E-state index contributed by atoms with van der Waals surface area (Å²) in [5, 5.41) is 6.01. The van der Waals surface area contributed by atoms with Gasteiger partial charge in [-0.15, -0.1) is 0 Å². The summed E-state index contributed by atoms with van der Waals surface area (Å²) < 4.78 is 10.8. The first-order valence-corrected chi connectivity index (χ1v) is 12.8. The Morgan fingerprint density at radius 2 is 1.63 bits per heavy atom. The summed E-state index contributed by atoms with van der Waals surface area (Å²) in [5.41, 5.74) is 2.52. The minimum atomic E-state index is 0.145. The van der Waals surface area contributed by atoms with Crippen molar-refractivity contribution in [2.45, 2.75) is 6.54 Å². The van der Waals surface area contributed by atoms with Crippen molar-refractivity contribution in [2.24, 2.45) is 0 Å². The van der Waals surface area contributed by atoms with Crippen LogP contribution >= 0.6 is 23.2 Å². The second-order valence-corrected chi connectivity index (χ2v) is 9.87. The van der Waals surface area contributed by atoms with Crippen LogP contribution in [0.5, 0.6) is 11.5 Å². The number of carbonyl (C=O) groups is 1. The van der Waals surface area contributed by atoms with Crippen LogP contribution in [0.1, 0.15) is 5.56 Å². The van der Waals surface area contributed by atoms with Gasteiger partial charge in [0.05, 0.1) is 30.8 Å². The maximum Gasteiger partial charge on any atom is 0.236 e. The number of ether oxygens (including phenoxy) is 2. The first kappa shape index (κ1) is 26.0. The molecule has 1 aliphatic heterocycles. The molecule has 38 heavy (non-hydrogen) atoms. The molecule has 1 saturated heterocycles. The third-order valence-electron chi connectivity index (χ3n) is 6.61. The number of rotatable bonds is 7. The lowest BCUT2D eigenvalue weighted by molar-refractivity contribution is -0.134. The standard InChI is InChI=1S/C28H27Cl2N5O3/c1-34-8-9-35(16-25(34)36)15-17-4-7-23(31-13-17)33-24-11-18-5-6-19(10-20(18)14-32-24)26-27(29)21(37-2)12-22(38-3)28(26)30/h4-7,10-14H,8-9,15-16H2,1-3H3,(H,31,32,33). The lowest BCUT2D eigenvalue weighted by Crippen LogP contribution is -2.47. The Labute approximate surface area is 231 Å². The number of nitrogens with one attached hydrogen (secondary N) is 1. The Hall–Kier alpha value is -3.59. The number of hydrogen-bond acceptors (Lipinski definition) is 7. The van der Waals surface area contributed by atoms with Gasteiger partial charge in [-0.1, -0.05) is 41.4 Å². The zero-order chi connectivity index (χ0) is 26.8. The fourth-order valence-electron chi connectivity index (χ4n) is 4.43.